The number of thiazole rings is 1. The average Bonchev–Trinajstić information content (AvgIpc) is 3.10. The van der Waals surface area contributed by atoms with Crippen molar-refractivity contribution in [2.45, 2.75) is 31.3 Å². The van der Waals surface area contributed by atoms with Gasteiger partial charge in [0.25, 0.3) is 0 Å². The first kappa shape index (κ1) is 20.3. The Hall–Kier alpha value is -1.97. The van der Waals surface area contributed by atoms with Gasteiger partial charge >= 0.3 is 0 Å². The lowest BCUT2D eigenvalue weighted by atomic mass is 10.2. The molecule has 1 aromatic heterocycles. The van der Waals surface area contributed by atoms with Gasteiger partial charge in [-0.2, -0.15) is 0 Å². The fourth-order valence-electron chi connectivity index (χ4n) is 2.15. The summed E-state index contributed by atoms with van der Waals surface area (Å²) in [7, 11) is 1.35. The monoisotopic (exact) mass is 395 g/mol. The molecule has 0 radical (unpaired) electrons. The molecular weight excluding hydrogens is 370 g/mol. The van der Waals surface area contributed by atoms with Crippen molar-refractivity contribution in [3.05, 3.63) is 45.9 Å². The largest absolute Gasteiger partial charge is 0.352 e. The number of aliphatic imine (C=N–C) groups is 1. The second-order valence-corrected chi connectivity index (χ2v) is 9.14. The minimum atomic E-state index is -3.40. The molecule has 0 atom stereocenters. The van der Waals surface area contributed by atoms with Crippen LogP contribution in [0.5, 0.6) is 0 Å². The molecule has 2 rings (SSSR count). The van der Waals surface area contributed by atoms with Crippen LogP contribution < -0.4 is 10.6 Å². The van der Waals surface area contributed by atoms with Crippen LogP contribution in [0.1, 0.15) is 22.4 Å². The van der Waals surface area contributed by atoms with Crippen molar-refractivity contribution in [2.75, 3.05) is 21.1 Å². The number of nitrogens with one attached hydrogen (secondary N) is 2. The third-order valence-electron chi connectivity index (χ3n) is 3.74. The van der Waals surface area contributed by atoms with E-state index in [0.29, 0.717) is 19.0 Å². The van der Waals surface area contributed by atoms with Crippen molar-refractivity contribution in [2.24, 2.45) is 4.99 Å². The third kappa shape index (κ3) is 5.26. The molecule has 1 heterocycles. The van der Waals surface area contributed by atoms with Crippen LogP contribution in [0.15, 0.2) is 40.4 Å². The summed E-state index contributed by atoms with van der Waals surface area (Å²) in [5.41, 5.74) is 0.966. The van der Waals surface area contributed by atoms with Gasteiger partial charge in [0.2, 0.25) is 10.0 Å². The Bertz CT molecular complexity index is 842. The predicted molar refractivity (Wildman–Crippen MR) is 106 cm³/mol. The molecule has 1 aromatic carbocycles. The van der Waals surface area contributed by atoms with Gasteiger partial charge in [-0.3, -0.25) is 4.99 Å². The van der Waals surface area contributed by atoms with E-state index in [0.717, 1.165) is 17.0 Å². The molecule has 0 amide bonds. The molecule has 0 aliphatic carbocycles. The first-order valence-corrected chi connectivity index (χ1v) is 10.5. The van der Waals surface area contributed by atoms with Gasteiger partial charge in [-0.15, -0.1) is 11.3 Å². The minimum absolute atomic E-state index is 0.282. The van der Waals surface area contributed by atoms with Gasteiger partial charge in [0.05, 0.1) is 11.4 Å². The van der Waals surface area contributed by atoms with Crippen LogP contribution in [-0.4, -0.2) is 44.8 Å². The van der Waals surface area contributed by atoms with Gasteiger partial charge < -0.3 is 10.6 Å². The Labute approximate surface area is 159 Å². The smallest absolute Gasteiger partial charge is 0.242 e. The molecule has 9 heteroatoms. The van der Waals surface area contributed by atoms with Crippen LogP contribution in [0, 0.1) is 0 Å². The SMILES string of the molecule is CCc1cnc(CNC(=NC)NCc2ccc(S(=O)(=O)N(C)C)cc2)s1. The normalized spacial score (nSPS) is 12.4. The third-order valence-corrected chi connectivity index (χ3v) is 6.71. The second kappa shape index (κ2) is 9.11. The van der Waals surface area contributed by atoms with Gasteiger partial charge in [0, 0.05) is 38.8 Å². The summed E-state index contributed by atoms with van der Waals surface area (Å²) in [5.74, 6) is 0.670. The van der Waals surface area contributed by atoms with Crippen molar-refractivity contribution in [1.82, 2.24) is 19.9 Å². The highest BCUT2D eigenvalue weighted by atomic mass is 32.2. The van der Waals surface area contributed by atoms with E-state index in [1.807, 2.05) is 6.20 Å². The Balaban J connectivity index is 1.90. The minimum Gasteiger partial charge on any atom is -0.352 e. The quantitative estimate of drug-likeness (QED) is 0.552. The van der Waals surface area contributed by atoms with Crippen molar-refractivity contribution in [3.8, 4) is 0 Å². The van der Waals surface area contributed by atoms with E-state index in [9.17, 15) is 8.42 Å². The van der Waals surface area contributed by atoms with E-state index in [1.165, 1.54) is 23.3 Å². The molecule has 0 saturated carbocycles. The zero-order valence-electron chi connectivity index (χ0n) is 15.5. The molecule has 0 saturated heterocycles. The van der Waals surface area contributed by atoms with E-state index >= 15 is 0 Å². The molecular formula is C17H25N5O2S2. The van der Waals surface area contributed by atoms with E-state index in [2.05, 4.69) is 27.5 Å². The van der Waals surface area contributed by atoms with Crippen molar-refractivity contribution >= 4 is 27.3 Å². The Morgan fingerprint density at radius 2 is 1.85 bits per heavy atom. The lowest BCUT2D eigenvalue weighted by molar-refractivity contribution is 0.520. The Morgan fingerprint density at radius 1 is 1.19 bits per heavy atom. The average molecular weight is 396 g/mol. The van der Waals surface area contributed by atoms with Gasteiger partial charge in [-0.1, -0.05) is 19.1 Å². The van der Waals surface area contributed by atoms with E-state index < -0.39 is 10.0 Å². The Morgan fingerprint density at radius 3 is 2.38 bits per heavy atom. The highest BCUT2D eigenvalue weighted by Crippen LogP contribution is 2.14. The zero-order valence-corrected chi connectivity index (χ0v) is 17.1. The molecule has 0 bridgehead atoms. The fraction of sp³-hybridized carbons (Fsp3) is 0.412. The van der Waals surface area contributed by atoms with Crippen LogP contribution in [0.4, 0.5) is 0 Å². The number of rotatable bonds is 7. The number of benzene rings is 1. The van der Waals surface area contributed by atoms with Crippen LogP contribution >= 0.6 is 11.3 Å². The van der Waals surface area contributed by atoms with Crippen molar-refractivity contribution in [3.63, 3.8) is 0 Å². The lowest BCUT2D eigenvalue weighted by Crippen LogP contribution is -2.36. The van der Waals surface area contributed by atoms with Gasteiger partial charge in [0.15, 0.2) is 5.96 Å². The summed E-state index contributed by atoms with van der Waals surface area (Å²) in [6.45, 7) is 3.27. The summed E-state index contributed by atoms with van der Waals surface area (Å²) in [5, 5.41) is 7.46. The molecule has 0 spiro atoms. The summed E-state index contributed by atoms with van der Waals surface area (Å²) < 4.78 is 25.4. The van der Waals surface area contributed by atoms with Crippen LogP contribution in [0.2, 0.25) is 0 Å². The highest BCUT2D eigenvalue weighted by Gasteiger charge is 2.16. The second-order valence-electron chi connectivity index (χ2n) is 5.78. The van der Waals surface area contributed by atoms with Crippen LogP contribution in [-0.2, 0) is 29.5 Å². The predicted octanol–water partition coefficient (Wildman–Crippen LogP) is 1.82. The number of sulfonamides is 1. The van der Waals surface area contributed by atoms with E-state index in [4.69, 9.17) is 0 Å². The molecule has 26 heavy (non-hydrogen) atoms. The molecule has 142 valence electrons. The first-order valence-electron chi connectivity index (χ1n) is 8.26. The molecule has 0 fully saturated rings. The maximum atomic E-state index is 12.1. The number of guanidine groups is 1. The van der Waals surface area contributed by atoms with Crippen LogP contribution in [0.25, 0.3) is 0 Å². The summed E-state index contributed by atoms with van der Waals surface area (Å²) in [6, 6.07) is 6.82. The maximum absolute atomic E-state index is 12.1. The van der Waals surface area contributed by atoms with Gasteiger partial charge in [-0.05, 0) is 24.1 Å². The maximum Gasteiger partial charge on any atom is 0.242 e. The van der Waals surface area contributed by atoms with Crippen LogP contribution in [0.3, 0.4) is 0 Å². The van der Waals surface area contributed by atoms with Gasteiger partial charge in [-0.25, -0.2) is 17.7 Å². The number of nitrogens with zero attached hydrogens (tertiary/aromatic N) is 3. The zero-order chi connectivity index (χ0) is 19.2. The van der Waals surface area contributed by atoms with Crippen molar-refractivity contribution < 1.29 is 8.42 Å². The molecule has 0 aliphatic rings. The number of hydrogen-bond donors (Lipinski definition) is 2. The molecule has 0 unspecified atom stereocenters. The molecule has 7 nitrogen and oxygen atoms in total. The fourth-order valence-corrected chi connectivity index (χ4v) is 3.85. The number of aryl methyl sites for hydroxylation is 1. The molecule has 0 aliphatic heterocycles. The topological polar surface area (TPSA) is 86.7 Å². The van der Waals surface area contributed by atoms with E-state index in [-0.39, 0.29) is 4.90 Å². The van der Waals surface area contributed by atoms with Gasteiger partial charge in [0.1, 0.15) is 5.01 Å². The first-order chi connectivity index (χ1) is 12.4. The van der Waals surface area contributed by atoms with Crippen molar-refractivity contribution in [1.29, 1.82) is 0 Å². The standard InChI is InChI=1S/C17H25N5O2S2/c1-5-14-11-19-16(25-14)12-21-17(18-2)20-10-13-6-8-15(9-7-13)26(23,24)22(3)4/h6-9,11H,5,10,12H2,1-4H3,(H2,18,20,21). The summed E-state index contributed by atoms with van der Waals surface area (Å²) in [4.78, 5) is 10.1. The number of hydrogen-bond acceptors (Lipinski definition) is 5. The highest BCUT2D eigenvalue weighted by molar-refractivity contribution is 7.89. The number of aromatic nitrogens is 1. The molecule has 2 aromatic rings. The summed E-state index contributed by atoms with van der Waals surface area (Å²) in [6.07, 6.45) is 2.89. The van der Waals surface area contributed by atoms with E-state index in [1.54, 1.807) is 42.6 Å². The Kier molecular flexibility index (Phi) is 7.13. The summed E-state index contributed by atoms with van der Waals surface area (Å²) >= 11 is 1.69. The lowest BCUT2D eigenvalue weighted by Gasteiger charge is -2.13. The molecule has 2 N–H and O–H groups in total.